The molecule has 216 valence electrons. The van der Waals surface area contributed by atoms with Crippen molar-refractivity contribution < 1.29 is 13.3 Å². The monoisotopic (exact) mass is 535 g/mol. The molecule has 0 radical (unpaired) electrons. The Bertz CT molecular complexity index is 589. The molecule has 0 heterocycles. The van der Waals surface area contributed by atoms with Crippen LogP contribution in [0.5, 0.6) is 0 Å². The smallest absolute Gasteiger partial charge is 0.377 e. The number of hydrogen-bond acceptors (Lipinski definition) is 4. The maximum absolute atomic E-state index is 5.62. The highest BCUT2D eigenvalue weighted by molar-refractivity contribution is 6.60. The Morgan fingerprint density at radius 2 is 0.973 bits per heavy atom. The molecule has 0 spiro atoms. The molecular weight excluding hydrogens is 474 g/mol. The average Bonchev–Trinajstić information content (AvgIpc) is 2.94. The molecule has 0 unspecified atom stereocenters. The van der Waals surface area contributed by atoms with Crippen LogP contribution in [0.25, 0.3) is 0 Å². The summed E-state index contributed by atoms with van der Waals surface area (Å²) in [5.41, 5.74) is 1.42. The molecule has 0 N–H and O–H groups in total. The summed E-state index contributed by atoms with van der Waals surface area (Å²) in [7, 11) is 2.66. The molecule has 0 fully saturated rings. The first kappa shape index (κ1) is 34.3. The van der Waals surface area contributed by atoms with Gasteiger partial charge in [0.25, 0.3) is 0 Å². The molecule has 0 saturated heterocycles. The Morgan fingerprint density at radius 3 is 1.43 bits per heavy atom. The molecule has 0 aliphatic rings. The predicted octanol–water partition coefficient (Wildman–Crippen LogP) is 9.06. The summed E-state index contributed by atoms with van der Waals surface area (Å²) in [6.07, 6.45) is 24.9. The Labute approximate surface area is 232 Å². The third-order valence-electron chi connectivity index (χ3n) is 7.78. The van der Waals surface area contributed by atoms with Crippen molar-refractivity contribution in [1.82, 2.24) is 4.90 Å². The number of unbranched alkanes of at least 4 members (excludes halogenated alkanes) is 15. The summed E-state index contributed by atoms with van der Waals surface area (Å²) in [5.74, 6) is 0. The molecule has 0 aliphatic heterocycles. The van der Waals surface area contributed by atoms with E-state index in [1.165, 1.54) is 115 Å². The highest BCUT2D eigenvalue weighted by Gasteiger charge is 2.37. The van der Waals surface area contributed by atoms with Crippen molar-refractivity contribution in [2.45, 2.75) is 129 Å². The van der Waals surface area contributed by atoms with Gasteiger partial charge in [-0.2, -0.15) is 0 Å². The molecule has 5 heteroatoms. The van der Waals surface area contributed by atoms with Crippen LogP contribution in [0.3, 0.4) is 0 Å². The lowest BCUT2D eigenvalue weighted by Gasteiger charge is -2.27. The van der Waals surface area contributed by atoms with E-state index in [0.717, 1.165) is 32.0 Å². The number of benzene rings is 1. The molecule has 0 aromatic heterocycles. The van der Waals surface area contributed by atoms with E-state index in [0.29, 0.717) is 0 Å². The van der Waals surface area contributed by atoms with Gasteiger partial charge in [0.1, 0.15) is 0 Å². The topological polar surface area (TPSA) is 30.9 Å². The van der Waals surface area contributed by atoms with Crippen molar-refractivity contribution in [2.75, 3.05) is 41.0 Å². The summed E-state index contributed by atoms with van der Waals surface area (Å²) < 4.78 is 16.9. The molecule has 1 aromatic carbocycles. The van der Waals surface area contributed by atoms with E-state index in [1.807, 2.05) is 0 Å². The normalized spacial score (nSPS) is 12.0. The van der Waals surface area contributed by atoms with Gasteiger partial charge in [0.05, 0.1) is 0 Å². The molecule has 0 amide bonds. The van der Waals surface area contributed by atoms with Crippen LogP contribution in [0.15, 0.2) is 30.3 Å². The Hall–Kier alpha value is -0.723. The maximum Gasteiger partial charge on any atom is 0.500 e. The van der Waals surface area contributed by atoms with Gasteiger partial charge in [-0.15, -0.1) is 0 Å². The van der Waals surface area contributed by atoms with E-state index in [2.05, 4.69) is 42.2 Å². The second kappa shape index (κ2) is 24.3. The lowest BCUT2D eigenvalue weighted by molar-refractivity contribution is 0.121. The fourth-order valence-electron chi connectivity index (χ4n) is 5.23. The van der Waals surface area contributed by atoms with Crippen LogP contribution in [0.2, 0.25) is 6.04 Å². The van der Waals surface area contributed by atoms with Crippen molar-refractivity contribution in [3.63, 3.8) is 0 Å². The van der Waals surface area contributed by atoms with Crippen molar-refractivity contribution in [3.8, 4) is 0 Å². The fourth-order valence-corrected chi connectivity index (χ4v) is 6.93. The lowest BCUT2D eigenvalue weighted by Crippen LogP contribution is -2.43. The zero-order chi connectivity index (χ0) is 26.9. The second-order valence-corrected chi connectivity index (χ2v) is 13.9. The lowest BCUT2D eigenvalue weighted by atomic mass is 10.0. The van der Waals surface area contributed by atoms with E-state index in [1.54, 1.807) is 21.3 Å². The fraction of sp³-hybridized carbons (Fsp3) is 0.812. The van der Waals surface area contributed by atoms with Crippen molar-refractivity contribution in [1.29, 1.82) is 0 Å². The molecule has 0 saturated carbocycles. The Kier molecular flexibility index (Phi) is 22.6. The quantitative estimate of drug-likeness (QED) is 0.0830. The van der Waals surface area contributed by atoms with Gasteiger partial charge in [0.2, 0.25) is 0 Å². The zero-order valence-electron chi connectivity index (χ0n) is 25.1. The summed E-state index contributed by atoms with van der Waals surface area (Å²) in [6.45, 7) is 5.68. The van der Waals surface area contributed by atoms with Gasteiger partial charge in [0, 0.05) is 33.9 Å². The van der Waals surface area contributed by atoms with Gasteiger partial charge in [-0.1, -0.05) is 134 Å². The summed E-state index contributed by atoms with van der Waals surface area (Å²) in [6, 6.07) is 11.7. The average molecular weight is 536 g/mol. The molecule has 0 bridgehead atoms. The van der Waals surface area contributed by atoms with Crippen LogP contribution in [0.1, 0.15) is 122 Å². The molecule has 1 rings (SSSR count). The third kappa shape index (κ3) is 18.2. The largest absolute Gasteiger partial charge is 0.500 e. The van der Waals surface area contributed by atoms with Crippen molar-refractivity contribution >= 4 is 8.80 Å². The minimum atomic E-state index is -2.47. The molecule has 4 nitrogen and oxygen atoms in total. The first-order chi connectivity index (χ1) is 18.2. The second-order valence-electron chi connectivity index (χ2n) is 10.8. The SMILES string of the molecule is CCCCCCCCCCCCCCCCCCN(CCC[Si](OC)(OC)OC)CCc1ccccc1. The maximum atomic E-state index is 5.62. The van der Waals surface area contributed by atoms with E-state index >= 15 is 0 Å². The van der Waals surface area contributed by atoms with Gasteiger partial charge in [-0.05, 0) is 37.9 Å². The van der Waals surface area contributed by atoms with E-state index in [4.69, 9.17) is 13.3 Å². The zero-order valence-corrected chi connectivity index (χ0v) is 26.1. The number of rotatable bonds is 27. The van der Waals surface area contributed by atoms with Gasteiger partial charge >= 0.3 is 8.80 Å². The number of nitrogens with zero attached hydrogens (tertiary/aromatic N) is 1. The van der Waals surface area contributed by atoms with Crippen LogP contribution < -0.4 is 0 Å². The predicted molar refractivity (Wildman–Crippen MR) is 162 cm³/mol. The summed E-state index contributed by atoms with van der Waals surface area (Å²) in [4.78, 5) is 2.64. The Morgan fingerprint density at radius 1 is 0.541 bits per heavy atom. The molecule has 0 aliphatic carbocycles. The molecule has 1 aromatic rings. The minimum Gasteiger partial charge on any atom is -0.377 e. The van der Waals surface area contributed by atoms with E-state index in [9.17, 15) is 0 Å². The summed E-state index contributed by atoms with van der Waals surface area (Å²) >= 11 is 0. The van der Waals surface area contributed by atoms with E-state index < -0.39 is 8.80 Å². The van der Waals surface area contributed by atoms with Crippen LogP contribution in [-0.2, 0) is 19.7 Å². The van der Waals surface area contributed by atoms with E-state index in [-0.39, 0.29) is 0 Å². The molecular formula is C32H61NO3Si. The van der Waals surface area contributed by atoms with Gasteiger partial charge in [-0.25, -0.2) is 0 Å². The minimum absolute atomic E-state index is 0.872. The first-order valence-electron chi connectivity index (χ1n) is 15.6. The van der Waals surface area contributed by atoms with Crippen molar-refractivity contribution in [3.05, 3.63) is 35.9 Å². The van der Waals surface area contributed by atoms with Gasteiger partial charge in [0.15, 0.2) is 0 Å². The van der Waals surface area contributed by atoms with Crippen molar-refractivity contribution in [2.24, 2.45) is 0 Å². The first-order valence-corrected chi connectivity index (χ1v) is 17.5. The van der Waals surface area contributed by atoms with Crippen LogP contribution in [0.4, 0.5) is 0 Å². The van der Waals surface area contributed by atoms with Crippen LogP contribution >= 0.6 is 0 Å². The molecule has 0 atom stereocenters. The third-order valence-corrected chi connectivity index (χ3v) is 10.6. The van der Waals surface area contributed by atoms with Gasteiger partial charge < -0.3 is 18.2 Å². The molecule has 37 heavy (non-hydrogen) atoms. The van der Waals surface area contributed by atoms with Crippen LogP contribution in [-0.4, -0.2) is 54.7 Å². The standard InChI is InChI=1S/C32H61NO3Si/c1-5-6-7-8-9-10-11-12-13-14-15-16-17-18-19-23-28-33(30-27-32-25-21-20-22-26-32)29-24-31-37(34-2,35-3)36-4/h20-22,25-26H,5-19,23-24,27-31H2,1-4H3. The summed E-state index contributed by atoms with van der Waals surface area (Å²) in [5, 5.41) is 0. The number of hydrogen-bond donors (Lipinski definition) is 0. The van der Waals surface area contributed by atoms with Gasteiger partial charge in [-0.3, -0.25) is 0 Å². The van der Waals surface area contributed by atoms with Crippen LogP contribution in [0, 0.1) is 0 Å². The Balaban J connectivity index is 2.14. The highest BCUT2D eigenvalue weighted by atomic mass is 28.4. The highest BCUT2D eigenvalue weighted by Crippen LogP contribution is 2.17.